The molecule has 0 aliphatic carbocycles. The number of aryl methyl sites for hydroxylation is 2. The summed E-state index contributed by atoms with van der Waals surface area (Å²) in [5, 5.41) is 8.91. The van der Waals surface area contributed by atoms with E-state index in [1.54, 1.807) is 16.0 Å². The van der Waals surface area contributed by atoms with Crippen molar-refractivity contribution in [2.45, 2.75) is 19.9 Å². The predicted molar refractivity (Wildman–Crippen MR) is 82.3 cm³/mol. The van der Waals surface area contributed by atoms with Gasteiger partial charge in [0, 0.05) is 18.1 Å². The molecule has 104 valence electrons. The monoisotopic (exact) mass is 307 g/mol. The molecule has 3 aromatic rings. The first-order valence-electron chi connectivity index (χ1n) is 6.34. The lowest BCUT2D eigenvalue weighted by Crippen LogP contribution is -2.03. The molecular formula is C13H14ClN5S. The second kappa shape index (κ2) is 5.38. The molecule has 7 heteroatoms. The number of hydrogen-bond donors (Lipinski definition) is 1. The van der Waals surface area contributed by atoms with E-state index >= 15 is 0 Å². The molecule has 20 heavy (non-hydrogen) atoms. The summed E-state index contributed by atoms with van der Waals surface area (Å²) in [7, 11) is 1.90. The van der Waals surface area contributed by atoms with Crippen LogP contribution in [0.15, 0.2) is 18.3 Å². The van der Waals surface area contributed by atoms with Gasteiger partial charge in [-0.2, -0.15) is 5.10 Å². The van der Waals surface area contributed by atoms with E-state index in [2.05, 4.69) is 33.4 Å². The molecule has 0 saturated carbocycles. The molecule has 0 radical (unpaired) electrons. The minimum Gasteiger partial charge on any atom is -0.364 e. The number of rotatable bonds is 4. The maximum absolute atomic E-state index is 5.99. The molecule has 0 aromatic carbocycles. The highest BCUT2D eigenvalue weighted by Gasteiger charge is 2.10. The number of anilines is 1. The van der Waals surface area contributed by atoms with Crippen molar-refractivity contribution in [3.8, 4) is 0 Å². The van der Waals surface area contributed by atoms with Gasteiger partial charge in [-0.3, -0.25) is 4.68 Å². The van der Waals surface area contributed by atoms with E-state index in [1.165, 1.54) is 4.88 Å². The lowest BCUT2D eigenvalue weighted by Gasteiger charge is -2.05. The molecule has 0 unspecified atom stereocenters. The van der Waals surface area contributed by atoms with E-state index in [4.69, 9.17) is 11.6 Å². The summed E-state index contributed by atoms with van der Waals surface area (Å²) in [5.41, 5.74) is 0.960. The highest BCUT2D eigenvalue weighted by atomic mass is 35.5. The first-order chi connectivity index (χ1) is 9.65. The molecule has 3 rings (SSSR count). The van der Waals surface area contributed by atoms with Gasteiger partial charge in [-0.1, -0.05) is 6.92 Å². The quantitative estimate of drug-likeness (QED) is 0.752. The summed E-state index contributed by atoms with van der Waals surface area (Å²) in [4.78, 5) is 10.8. The van der Waals surface area contributed by atoms with Crippen LogP contribution in [0.5, 0.6) is 0 Å². The number of thiophene rings is 1. The summed E-state index contributed by atoms with van der Waals surface area (Å²) >= 11 is 7.64. The van der Waals surface area contributed by atoms with Crippen molar-refractivity contribution >= 4 is 39.0 Å². The zero-order chi connectivity index (χ0) is 14.1. The van der Waals surface area contributed by atoms with Crippen molar-refractivity contribution in [3.63, 3.8) is 0 Å². The third kappa shape index (κ3) is 2.62. The van der Waals surface area contributed by atoms with Gasteiger partial charge < -0.3 is 5.32 Å². The number of nitrogens with zero attached hydrogens (tertiary/aromatic N) is 4. The van der Waals surface area contributed by atoms with Crippen molar-refractivity contribution in [2.24, 2.45) is 7.05 Å². The topological polar surface area (TPSA) is 55.6 Å². The molecule has 0 saturated heterocycles. The molecule has 5 nitrogen and oxygen atoms in total. The Morgan fingerprint density at radius 3 is 2.95 bits per heavy atom. The Hall–Kier alpha value is -1.66. The number of aromatic nitrogens is 4. The van der Waals surface area contributed by atoms with Crippen LogP contribution in [0.1, 0.15) is 17.5 Å². The normalized spacial score (nSPS) is 11.2. The Bertz CT molecular complexity index is 748. The molecule has 1 N–H and O–H groups in total. The van der Waals surface area contributed by atoms with Gasteiger partial charge in [0.1, 0.15) is 10.6 Å². The van der Waals surface area contributed by atoms with Crippen molar-refractivity contribution in [1.82, 2.24) is 19.7 Å². The number of fused-ring (bicyclic) bond motifs is 1. The summed E-state index contributed by atoms with van der Waals surface area (Å²) < 4.78 is 1.78. The van der Waals surface area contributed by atoms with E-state index in [9.17, 15) is 0 Å². The van der Waals surface area contributed by atoms with Crippen molar-refractivity contribution in [2.75, 3.05) is 5.32 Å². The number of halogens is 1. The van der Waals surface area contributed by atoms with E-state index < -0.39 is 0 Å². The summed E-state index contributed by atoms with van der Waals surface area (Å²) in [5.74, 6) is 0.765. The first-order valence-corrected chi connectivity index (χ1v) is 7.53. The smallest absolute Gasteiger partial charge is 0.225 e. The van der Waals surface area contributed by atoms with Gasteiger partial charge in [-0.05, 0) is 30.2 Å². The van der Waals surface area contributed by atoms with Crippen molar-refractivity contribution < 1.29 is 0 Å². The van der Waals surface area contributed by atoms with E-state index in [-0.39, 0.29) is 5.28 Å². The zero-order valence-corrected chi connectivity index (χ0v) is 12.8. The summed E-state index contributed by atoms with van der Waals surface area (Å²) in [6, 6.07) is 4.09. The SMILES string of the molecule is CCc1cc2c(NCc3ccn(C)n3)nc(Cl)nc2s1. The summed E-state index contributed by atoms with van der Waals surface area (Å²) in [6.45, 7) is 2.74. The van der Waals surface area contributed by atoms with Gasteiger partial charge in [0.15, 0.2) is 0 Å². The molecule has 3 heterocycles. The van der Waals surface area contributed by atoms with Gasteiger partial charge in [0.2, 0.25) is 5.28 Å². The Morgan fingerprint density at radius 1 is 1.40 bits per heavy atom. The van der Waals surface area contributed by atoms with Crippen LogP contribution in [0.3, 0.4) is 0 Å². The van der Waals surface area contributed by atoms with Crippen molar-refractivity contribution in [3.05, 3.63) is 34.2 Å². The lowest BCUT2D eigenvalue weighted by molar-refractivity contribution is 0.747. The van der Waals surface area contributed by atoms with Crippen LogP contribution in [-0.4, -0.2) is 19.7 Å². The van der Waals surface area contributed by atoms with Gasteiger partial charge >= 0.3 is 0 Å². The van der Waals surface area contributed by atoms with Crippen LogP contribution in [0.25, 0.3) is 10.2 Å². The highest BCUT2D eigenvalue weighted by molar-refractivity contribution is 7.18. The van der Waals surface area contributed by atoms with Gasteiger partial charge in [0.05, 0.1) is 17.6 Å². The van der Waals surface area contributed by atoms with Crippen LogP contribution >= 0.6 is 22.9 Å². The third-order valence-corrected chi connectivity index (χ3v) is 4.31. The molecular weight excluding hydrogens is 294 g/mol. The third-order valence-electron chi connectivity index (χ3n) is 2.97. The van der Waals surface area contributed by atoms with E-state index in [0.29, 0.717) is 6.54 Å². The zero-order valence-electron chi connectivity index (χ0n) is 11.2. The fourth-order valence-electron chi connectivity index (χ4n) is 1.99. The molecule has 0 aliphatic rings. The fourth-order valence-corrected chi connectivity index (χ4v) is 3.17. The van der Waals surface area contributed by atoms with E-state index in [0.717, 1.165) is 28.1 Å². The molecule has 0 atom stereocenters. The molecule has 0 aliphatic heterocycles. The molecule has 0 bridgehead atoms. The molecule has 3 aromatic heterocycles. The largest absolute Gasteiger partial charge is 0.364 e. The predicted octanol–water partition coefficient (Wildman–Crippen LogP) is 3.25. The Labute approximate surface area is 125 Å². The average Bonchev–Trinajstić information content (AvgIpc) is 3.01. The lowest BCUT2D eigenvalue weighted by atomic mass is 10.3. The van der Waals surface area contributed by atoms with Crippen molar-refractivity contribution in [1.29, 1.82) is 0 Å². The Balaban J connectivity index is 1.91. The Morgan fingerprint density at radius 2 is 2.25 bits per heavy atom. The van der Waals surface area contributed by atoms with E-state index in [1.807, 2.05) is 19.3 Å². The first kappa shape index (κ1) is 13.3. The standard InChI is InChI=1S/C13H14ClN5S/c1-3-9-6-10-11(16-13(14)17-12(10)20-9)15-7-8-4-5-19(2)18-8/h4-6H,3,7H2,1-2H3,(H,15,16,17). The van der Waals surface area contributed by atoms with Crippen LogP contribution < -0.4 is 5.32 Å². The highest BCUT2D eigenvalue weighted by Crippen LogP contribution is 2.30. The van der Waals surface area contributed by atoms with Crippen LogP contribution in [0, 0.1) is 0 Å². The second-order valence-corrected chi connectivity index (χ2v) is 5.91. The average molecular weight is 308 g/mol. The van der Waals surface area contributed by atoms with Gasteiger partial charge in [0.25, 0.3) is 0 Å². The molecule has 0 fully saturated rings. The fraction of sp³-hybridized carbons (Fsp3) is 0.308. The van der Waals surface area contributed by atoms with Gasteiger partial charge in [-0.25, -0.2) is 9.97 Å². The Kier molecular flexibility index (Phi) is 3.58. The number of nitrogens with one attached hydrogen (secondary N) is 1. The minimum atomic E-state index is 0.269. The molecule has 0 spiro atoms. The van der Waals surface area contributed by atoms with Crippen LogP contribution in [-0.2, 0) is 20.0 Å². The van der Waals surface area contributed by atoms with Gasteiger partial charge in [-0.15, -0.1) is 11.3 Å². The second-order valence-electron chi connectivity index (χ2n) is 4.46. The molecule has 0 amide bonds. The van der Waals surface area contributed by atoms with Crippen LogP contribution in [0.2, 0.25) is 5.28 Å². The number of hydrogen-bond acceptors (Lipinski definition) is 5. The van der Waals surface area contributed by atoms with Crippen LogP contribution in [0.4, 0.5) is 5.82 Å². The summed E-state index contributed by atoms with van der Waals surface area (Å²) in [6.07, 6.45) is 2.90. The minimum absolute atomic E-state index is 0.269. The maximum atomic E-state index is 5.99. The maximum Gasteiger partial charge on any atom is 0.225 e.